The van der Waals surface area contributed by atoms with E-state index in [1.807, 2.05) is 6.20 Å². The molecule has 5 unspecified atom stereocenters. The zero-order valence-electron chi connectivity index (χ0n) is 17.1. The molecule has 1 heteroatoms. The molecule has 0 radical (unpaired) electrons. The lowest BCUT2D eigenvalue weighted by atomic mass is 9.47. The lowest BCUT2D eigenvalue weighted by molar-refractivity contribution is -0.0192. The molecule has 0 amide bonds. The number of pyridine rings is 1. The molecule has 3 aliphatic carbocycles. The Balaban J connectivity index is 1.66. The van der Waals surface area contributed by atoms with Gasteiger partial charge < -0.3 is 0 Å². The first-order valence-electron chi connectivity index (χ1n) is 10.8. The van der Waals surface area contributed by atoms with Crippen LogP contribution in [0, 0.1) is 28.6 Å². The van der Waals surface area contributed by atoms with Gasteiger partial charge in [-0.2, -0.15) is 0 Å². The molecular weight excluding hydrogens is 314 g/mol. The number of rotatable bonds is 3. The molecule has 0 spiro atoms. The van der Waals surface area contributed by atoms with E-state index >= 15 is 0 Å². The topological polar surface area (TPSA) is 12.9 Å². The van der Waals surface area contributed by atoms with Gasteiger partial charge in [0.05, 0.1) is 0 Å². The normalized spacial score (nSPS) is 40.8. The lowest BCUT2D eigenvalue weighted by Crippen LogP contribution is -2.48. The Bertz CT molecular complexity index is 715. The Labute approximate surface area is 160 Å². The van der Waals surface area contributed by atoms with Crippen molar-refractivity contribution in [2.45, 2.75) is 72.6 Å². The van der Waals surface area contributed by atoms with Gasteiger partial charge >= 0.3 is 0 Å². The second-order valence-electron chi connectivity index (χ2n) is 9.45. The molecule has 4 rings (SSSR count). The molecule has 1 nitrogen and oxygen atoms in total. The van der Waals surface area contributed by atoms with E-state index in [0.29, 0.717) is 10.8 Å². The minimum atomic E-state index is 0.352. The van der Waals surface area contributed by atoms with Crippen LogP contribution in [0.1, 0.15) is 78.2 Å². The highest BCUT2D eigenvalue weighted by Crippen LogP contribution is 2.66. The van der Waals surface area contributed by atoms with Crippen LogP contribution in [0.25, 0.3) is 5.57 Å². The van der Waals surface area contributed by atoms with Crippen LogP contribution < -0.4 is 0 Å². The molecule has 1 aromatic heterocycles. The van der Waals surface area contributed by atoms with Crippen molar-refractivity contribution in [1.82, 2.24) is 4.98 Å². The van der Waals surface area contributed by atoms with Crippen molar-refractivity contribution in [3.63, 3.8) is 0 Å². The van der Waals surface area contributed by atoms with Gasteiger partial charge in [-0.3, -0.25) is 4.98 Å². The smallest absolute Gasteiger partial charge is 0.0343 e. The number of hydrogen-bond donors (Lipinski definition) is 0. The zero-order chi connectivity index (χ0) is 18.4. The molecular formula is C25H35N. The molecule has 1 aromatic rings. The Morgan fingerprint density at radius 2 is 2.08 bits per heavy atom. The van der Waals surface area contributed by atoms with Gasteiger partial charge in [0.2, 0.25) is 0 Å². The fourth-order valence-electron chi connectivity index (χ4n) is 7.20. The van der Waals surface area contributed by atoms with Crippen LogP contribution in [0.3, 0.4) is 0 Å². The largest absolute Gasteiger partial charge is 0.264 e. The van der Waals surface area contributed by atoms with Crippen LogP contribution in [-0.2, 0) is 0 Å². The number of nitrogens with zero attached hydrogens (tertiary/aromatic N) is 1. The third kappa shape index (κ3) is 2.53. The van der Waals surface area contributed by atoms with Crippen molar-refractivity contribution >= 4 is 5.57 Å². The minimum Gasteiger partial charge on any atom is -0.264 e. The first kappa shape index (κ1) is 18.0. The third-order valence-electron chi connectivity index (χ3n) is 8.41. The molecule has 2 fully saturated rings. The summed E-state index contributed by atoms with van der Waals surface area (Å²) in [6.45, 7) is 9.79. The maximum absolute atomic E-state index is 4.40. The Kier molecular flexibility index (Phi) is 4.61. The van der Waals surface area contributed by atoms with Crippen LogP contribution >= 0.6 is 0 Å². The molecule has 0 bridgehead atoms. The Morgan fingerprint density at radius 1 is 1.23 bits per heavy atom. The van der Waals surface area contributed by atoms with Crippen molar-refractivity contribution in [2.75, 3.05) is 0 Å². The van der Waals surface area contributed by atoms with E-state index < -0.39 is 0 Å². The van der Waals surface area contributed by atoms with E-state index in [9.17, 15) is 0 Å². The summed E-state index contributed by atoms with van der Waals surface area (Å²) in [6, 6.07) is 4.36. The van der Waals surface area contributed by atoms with Gasteiger partial charge in [0.25, 0.3) is 0 Å². The average Bonchev–Trinajstić information content (AvgIpc) is 3.00. The van der Waals surface area contributed by atoms with Gasteiger partial charge in [-0.05, 0) is 91.2 Å². The van der Waals surface area contributed by atoms with Crippen molar-refractivity contribution in [2.24, 2.45) is 28.6 Å². The molecule has 0 saturated heterocycles. The molecule has 0 aliphatic heterocycles. The number of aromatic nitrogens is 1. The second-order valence-corrected chi connectivity index (χ2v) is 9.45. The number of fused-ring (bicyclic) bond motifs is 3. The fourth-order valence-corrected chi connectivity index (χ4v) is 7.20. The van der Waals surface area contributed by atoms with E-state index in [1.54, 1.807) is 11.1 Å². The van der Waals surface area contributed by atoms with E-state index in [-0.39, 0.29) is 0 Å². The first-order chi connectivity index (χ1) is 12.5. The highest BCUT2D eigenvalue weighted by molar-refractivity contribution is 5.72. The maximum atomic E-state index is 4.40. The van der Waals surface area contributed by atoms with Gasteiger partial charge in [-0.1, -0.05) is 51.0 Å². The second kappa shape index (κ2) is 6.66. The SMILES string of the molecule is C/C=C1/CCC2C3CC=C(c4cccnc4)C3(C)CCC2C1(C)CCC. The number of allylic oxidation sites excluding steroid dienone is 4. The summed E-state index contributed by atoms with van der Waals surface area (Å²) in [5.74, 6) is 2.59. The summed E-state index contributed by atoms with van der Waals surface area (Å²) in [6.07, 6.45) is 18.4. The molecule has 2 saturated carbocycles. The maximum Gasteiger partial charge on any atom is 0.0343 e. The van der Waals surface area contributed by atoms with E-state index in [1.165, 1.54) is 50.5 Å². The van der Waals surface area contributed by atoms with Crippen LogP contribution in [0.15, 0.2) is 42.3 Å². The molecule has 0 aromatic carbocycles. The lowest BCUT2D eigenvalue weighted by Gasteiger charge is -2.57. The van der Waals surface area contributed by atoms with Crippen molar-refractivity contribution < 1.29 is 0 Å². The van der Waals surface area contributed by atoms with Crippen LogP contribution in [0.5, 0.6) is 0 Å². The quantitative estimate of drug-likeness (QED) is 0.532. The Hall–Kier alpha value is -1.37. The summed E-state index contributed by atoms with van der Waals surface area (Å²) < 4.78 is 0. The highest BCUT2D eigenvalue weighted by atomic mass is 14.6. The first-order valence-corrected chi connectivity index (χ1v) is 10.8. The summed E-state index contributed by atoms with van der Waals surface area (Å²) in [7, 11) is 0. The fraction of sp³-hybridized carbons (Fsp3) is 0.640. The van der Waals surface area contributed by atoms with E-state index in [0.717, 1.165) is 17.8 Å². The summed E-state index contributed by atoms with van der Waals surface area (Å²) in [5.41, 5.74) is 5.48. The standard InChI is InChI=1S/C25H35N/c1-5-14-24(3)19(6-2)9-10-20-22-12-11-21(18-8-7-16-26-17-18)25(22,4)15-13-23(20)24/h6-8,11,16-17,20,22-23H,5,9-10,12-15H2,1-4H3/b19-6-. The minimum absolute atomic E-state index is 0.352. The molecule has 140 valence electrons. The van der Waals surface area contributed by atoms with Crippen LogP contribution in [0.2, 0.25) is 0 Å². The summed E-state index contributed by atoms with van der Waals surface area (Å²) >= 11 is 0. The van der Waals surface area contributed by atoms with Crippen molar-refractivity contribution in [3.05, 3.63) is 47.8 Å². The molecule has 1 heterocycles. The van der Waals surface area contributed by atoms with Crippen LogP contribution in [-0.4, -0.2) is 4.98 Å². The highest BCUT2D eigenvalue weighted by Gasteiger charge is 2.56. The van der Waals surface area contributed by atoms with Gasteiger partial charge in [0.1, 0.15) is 0 Å². The monoisotopic (exact) mass is 349 g/mol. The molecule has 5 atom stereocenters. The third-order valence-corrected chi connectivity index (χ3v) is 8.41. The van der Waals surface area contributed by atoms with E-state index in [2.05, 4.69) is 63.2 Å². The molecule has 3 aliphatic rings. The number of hydrogen-bond acceptors (Lipinski definition) is 1. The van der Waals surface area contributed by atoms with Gasteiger partial charge in [0, 0.05) is 12.4 Å². The molecule has 0 N–H and O–H groups in total. The van der Waals surface area contributed by atoms with Crippen molar-refractivity contribution in [1.29, 1.82) is 0 Å². The van der Waals surface area contributed by atoms with Gasteiger partial charge in [0.15, 0.2) is 0 Å². The van der Waals surface area contributed by atoms with Gasteiger partial charge in [-0.25, -0.2) is 0 Å². The zero-order valence-corrected chi connectivity index (χ0v) is 17.1. The predicted molar refractivity (Wildman–Crippen MR) is 111 cm³/mol. The van der Waals surface area contributed by atoms with Crippen LogP contribution in [0.4, 0.5) is 0 Å². The van der Waals surface area contributed by atoms with Gasteiger partial charge in [-0.15, -0.1) is 0 Å². The molecule has 26 heavy (non-hydrogen) atoms. The van der Waals surface area contributed by atoms with Crippen molar-refractivity contribution in [3.8, 4) is 0 Å². The predicted octanol–water partition coefficient (Wildman–Crippen LogP) is 7.06. The van der Waals surface area contributed by atoms with E-state index in [4.69, 9.17) is 0 Å². The Morgan fingerprint density at radius 3 is 2.77 bits per heavy atom. The summed E-state index contributed by atoms with van der Waals surface area (Å²) in [5, 5.41) is 0. The summed E-state index contributed by atoms with van der Waals surface area (Å²) in [4.78, 5) is 4.40. The average molecular weight is 350 g/mol.